The molecule has 0 heterocycles. The maximum absolute atomic E-state index is 8.92. The number of benzene rings is 1. The third kappa shape index (κ3) is 3.48. The van der Waals surface area contributed by atoms with E-state index in [9.17, 15) is 0 Å². The summed E-state index contributed by atoms with van der Waals surface area (Å²) in [6.07, 6.45) is 0.0974. The molecule has 0 saturated heterocycles. The second kappa shape index (κ2) is 5.78. The molecule has 1 rings (SSSR count). The van der Waals surface area contributed by atoms with Crippen LogP contribution in [0.3, 0.4) is 0 Å². The minimum Gasteiger partial charge on any atom is -0.396 e. The zero-order chi connectivity index (χ0) is 10.4. The van der Waals surface area contributed by atoms with E-state index < -0.39 is 0 Å². The molecule has 1 N–H and O–H groups in total. The molecule has 0 unspecified atom stereocenters. The lowest BCUT2D eigenvalue weighted by Gasteiger charge is -2.18. The van der Waals surface area contributed by atoms with E-state index in [0.717, 1.165) is 0 Å². The molecule has 0 radical (unpaired) electrons. The normalized spacial score (nSPS) is 15.1. The molecule has 0 saturated carbocycles. The third-order valence-corrected chi connectivity index (χ3v) is 2.45. The quantitative estimate of drug-likeness (QED) is 0.778. The Bertz CT molecular complexity index is 246. The molecule has 0 aliphatic carbocycles. The van der Waals surface area contributed by atoms with Crippen molar-refractivity contribution in [2.24, 2.45) is 5.92 Å². The highest BCUT2D eigenvalue weighted by Gasteiger charge is 2.10. The van der Waals surface area contributed by atoms with Crippen molar-refractivity contribution in [1.82, 2.24) is 0 Å². The molecular weight excluding hydrogens is 176 g/mol. The second-order valence-corrected chi connectivity index (χ2v) is 3.66. The van der Waals surface area contributed by atoms with Crippen molar-refractivity contribution >= 4 is 0 Å². The van der Waals surface area contributed by atoms with Gasteiger partial charge in [0.2, 0.25) is 0 Å². The first-order valence-corrected chi connectivity index (χ1v) is 5.00. The van der Waals surface area contributed by atoms with Gasteiger partial charge >= 0.3 is 0 Å². The summed E-state index contributed by atoms with van der Waals surface area (Å²) in [7, 11) is 0. The van der Waals surface area contributed by atoms with Gasteiger partial charge in [0, 0.05) is 12.5 Å². The molecule has 0 aliphatic heterocycles. The van der Waals surface area contributed by atoms with Gasteiger partial charge < -0.3 is 9.84 Å². The van der Waals surface area contributed by atoms with E-state index in [-0.39, 0.29) is 18.6 Å². The molecule has 1 aromatic rings. The van der Waals surface area contributed by atoms with Crippen molar-refractivity contribution in [2.45, 2.75) is 26.6 Å². The molecule has 2 heteroatoms. The Morgan fingerprint density at radius 1 is 1.21 bits per heavy atom. The maximum Gasteiger partial charge on any atom is 0.0720 e. The van der Waals surface area contributed by atoms with Crippen LogP contribution in [0.15, 0.2) is 30.3 Å². The number of hydrogen-bond acceptors (Lipinski definition) is 2. The second-order valence-electron chi connectivity index (χ2n) is 3.66. The number of aliphatic hydroxyl groups excluding tert-OH is 1. The van der Waals surface area contributed by atoms with Crippen LogP contribution in [0.25, 0.3) is 0 Å². The summed E-state index contributed by atoms with van der Waals surface area (Å²) in [6, 6.07) is 10.1. The van der Waals surface area contributed by atoms with Crippen LogP contribution in [0.2, 0.25) is 0 Å². The molecule has 78 valence electrons. The van der Waals surface area contributed by atoms with Gasteiger partial charge in [-0.3, -0.25) is 0 Å². The summed E-state index contributed by atoms with van der Waals surface area (Å²) in [5.74, 6) is 0.193. The monoisotopic (exact) mass is 194 g/mol. The number of ether oxygens (including phenoxy) is 1. The van der Waals surface area contributed by atoms with Crippen LogP contribution in [0.5, 0.6) is 0 Å². The van der Waals surface area contributed by atoms with Crippen LogP contribution in [-0.4, -0.2) is 17.8 Å². The molecule has 2 nitrogen and oxygen atoms in total. The summed E-state index contributed by atoms with van der Waals surface area (Å²) in [6.45, 7) is 4.77. The average molecular weight is 194 g/mol. The van der Waals surface area contributed by atoms with Crippen molar-refractivity contribution in [3.8, 4) is 0 Å². The number of rotatable bonds is 5. The highest BCUT2D eigenvalue weighted by molar-refractivity contribution is 5.13. The number of aliphatic hydroxyl groups is 1. The smallest absolute Gasteiger partial charge is 0.0720 e. The summed E-state index contributed by atoms with van der Waals surface area (Å²) in [5.41, 5.74) is 1.17. The maximum atomic E-state index is 8.92. The van der Waals surface area contributed by atoms with E-state index in [4.69, 9.17) is 9.84 Å². The van der Waals surface area contributed by atoms with E-state index in [1.807, 2.05) is 44.2 Å². The molecule has 2 atom stereocenters. The molecule has 0 spiro atoms. The molecule has 0 bridgehead atoms. The predicted molar refractivity (Wildman–Crippen MR) is 56.9 cm³/mol. The molecule has 0 amide bonds. The van der Waals surface area contributed by atoms with Gasteiger partial charge in [-0.1, -0.05) is 37.3 Å². The van der Waals surface area contributed by atoms with Crippen molar-refractivity contribution in [3.05, 3.63) is 35.9 Å². The Labute approximate surface area is 85.5 Å². The van der Waals surface area contributed by atoms with Crippen LogP contribution in [0.1, 0.15) is 19.4 Å². The molecule has 0 aromatic heterocycles. The Morgan fingerprint density at radius 3 is 2.43 bits per heavy atom. The minimum absolute atomic E-state index is 0.0974. The van der Waals surface area contributed by atoms with Gasteiger partial charge in [0.05, 0.1) is 12.7 Å². The lowest BCUT2D eigenvalue weighted by molar-refractivity contribution is 0.00153. The van der Waals surface area contributed by atoms with E-state index in [1.54, 1.807) is 0 Å². The van der Waals surface area contributed by atoms with Crippen molar-refractivity contribution < 1.29 is 9.84 Å². The van der Waals surface area contributed by atoms with E-state index in [0.29, 0.717) is 6.61 Å². The number of hydrogen-bond donors (Lipinski definition) is 1. The predicted octanol–water partition coefficient (Wildman–Crippen LogP) is 2.22. The van der Waals surface area contributed by atoms with E-state index in [1.165, 1.54) is 5.56 Å². The fraction of sp³-hybridized carbons (Fsp3) is 0.500. The molecule has 14 heavy (non-hydrogen) atoms. The van der Waals surface area contributed by atoms with Gasteiger partial charge in [-0.05, 0) is 12.5 Å². The Hall–Kier alpha value is -0.860. The lowest BCUT2D eigenvalue weighted by atomic mass is 10.1. The fourth-order valence-corrected chi connectivity index (χ4v) is 1.11. The Balaban J connectivity index is 2.34. The van der Waals surface area contributed by atoms with Crippen LogP contribution in [0, 0.1) is 5.92 Å². The SMILES string of the molecule is C[C@H](CO)[C@H](C)OCc1ccccc1. The van der Waals surface area contributed by atoms with Crippen LogP contribution >= 0.6 is 0 Å². The Morgan fingerprint density at radius 2 is 1.86 bits per heavy atom. The van der Waals surface area contributed by atoms with Crippen molar-refractivity contribution in [2.75, 3.05) is 6.61 Å². The minimum atomic E-state index is 0.0974. The topological polar surface area (TPSA) is 29.5 Å². The zero-order valence-electron chi connectivity index (χ0n) is 8.81. The third-order valence-electron chi connectivity index (χ3n) is 2.45. The van der Waals surface area contributed by atoms with Gasteiger partial charge in [-0.2, -0.15) is 0 Å². The highest BCUT2D eigenvalue weighted by Crippen LogP contribution is 2.09. The van der Waals surface area contributed by atoms with Crippen LogP contribution in [-0.2, 0) is 11.3 Å². The molecular formula is C12H18O2. The van der Waals surface area contributed by atoms with Crippen LogP contribution < -0.4 is 0 Å². The summed E-state index contributed by atoms with van der Waals surface area (Å²) in [5, 5.41) is 8.92. The Kier molecular flexibility index (Phi) is 4.63. The van der Waals surface area contributed by atoms with Crippen molar-refractivity contribution in [3.63, 3.8) is 0 Å². The zero-order valence-corrected chi connectivity index (χ0v) is 8.81. The van der Waals surface area contributed by atoms with Gasteiger partial charge in [0.1, 0.15) is 0 Å². The van der Waals surface area contributed by atoms with E-state index >= 15 is 0 Å². The van der Waals surface area contributed by atoms with Gasteiger partial charge in [-0.25, -0.2) is 0 Å². The standard InChI is InChI=1S/C12H18O2/c1-10(8-13)11(2)14-9-12-6-4-3-5-7-12/h3-7,10-11,13H,8-9H2,1-2H3/t10-,11+/m1/s1. The first kappa shape index (κ1) is 11.2. The van der Waals surface area contributed by atoms with Crippen molar-refractivity contribution in [1.29, 1.82) is 0 Å². The molecule has 1 aromatic carbocycles. The fourth-order valence-electron chi connectivity index (χ4n) is 1.11. The summed E-state index contributed by atoms with van der Waals surface area (Å²) >= 11 is 0. The van der Waals surface area contributed by atoms with Crippen LogP contribution in [0.4, 0.5) is 0 Å². The molecule has 0 fully saturated rings. The lowest BCUT2D eigenvalue weighted by Crippen LogP contribution is -2.20. The van der Waals surface area contributed by atoms with Gasteiger partial charge in [0.25, 0.3) is 0 Å². The summed E-state index contributed by atoms with van der Waals surface area (Å²) in [4.78, 5) is 0. The van der Waals surface area contributed by atoms with E-state index in [2.05, 4.69) is 0 Å². The summed E-state index contributed by atoms with van der Waals surface area (Å²) < 4.78 is 5.62. The largest absolute Gasteiger partial charge is 0.396 e. The highest BCUT2D eigenvalue weighted by atomic mass is 16.5. The molecule has 0 aliphatic rings. The first-order chi connectivity index (χ1) is 6.74. The average Bonchev–Trinajstić information content (AvgIpc) is 2.26. The van der Waals surface area contributed by atoms with Gasteiger partial charge in [0.15, 0.2) is 0 Å². The van der Waals surface area contributed by atoms with Gasteiger partial charge in [-0.15, -0.1) is 0 Å². The first-order valence-electron chi connectivity index (χ1n) is 5.00.